The fourth-order valence-corrected chi connectivity index (χ4v) is 3.48. The monoisotopic (exact) mass is 446 g/mol. The largest absolute Gasteiger partial charge is 0.493 e. The van der Waals surface area contributed by atoms with Crippen LogP contribution in [0, 0.1) is 6.92 Å². The summed E-state index contributed by atoms with van der Waals surface area (Å²) in [4.78, 5) is 18.2. The number of benzene rings is 1. The molecule has 3 N–H and O–H groups in total. The zero-order valence-corrected chi connectivity index (χ0v) is 18.8. The molecule has 0 bridgehead atoms. The van der Waals surface area contributed by atoms with Gasteiger partial charge in [0.2, 0.25) is 0 Å². The van der Waals surface area contributed by atoms with Crippen molar-refractivity contribution >= 4 is 28.9 Å². The molecule has 0 unspecified atom stereocenters. The minimum absolute atomic E-state index is 0.0144. The number of thiocarbonyl (C=S) groups is 1. The van der Waals surface area contributed by atoms with Crippen LogP contribution in [0.2, 0.25) is 0 Å². The predicted octanol–water partition coefficient (Wildman–Crippen LogP) is 1.39. The highest BCUT2D eigenvalue weighted by atomic mass is 32.1. The van der Waals surface area contributed by atoms with Crippen molar-refractivity contribution in [2.45, 2.75) is 19.9 Å². The number of aromatic nitrogens is 2. The first-order chi connectivity index (χ1) is 15.1. The van der Waals surface area contributed by atoms with Gasteiger partial charge in [-0.15, -0.1) is 0 Å². The van der Waals surface area contributed by atoms with Crippen molar-refractivity contribution in [3.05, 3.63) is 36.4 Å². The highest BCUT2D eigenvalue weighted by Crippen LogP contribution is 2.30. The first kappa shape index (κ1) is 22.8. The molecule has 10 heteroatoms. The molecule has 2 heterocycles. The van der Waals surface area contributed by atoms with Crippen molar-refractivity contribution in [1.82, 2.24) is 25.1 Å². The van der Waals surface area contributed by atoms with Gasteiger partial charge in [0.05, 0.1) is 13.4 Å². The van der Waals surface area contributed by atoms with Crippen molar-refractivity contribution in [3.63, 3.8) is 0 Å². The number of hydrogen-bond donors (Lipinski definition) is 3. The quantitative estimate of drug-likeness (QED) is 0.393. The van der Waals surface area contributed by atoms with Gasteiger partial charge in [0.1, 0.15) is 0 Å². The Bertz CT molecular complexity index is 882. The van der Waals surface area contributed by atoms with Crippen molar-refractivity contribution in [2.24, 2.45) is 0 Å². The molecule has 3 rings (SSSR count). The molecule has 9 nitrogen and oxygen atoms in total. The maximum Gasteiger partial charge on any atom is 0.260 e. The standard InChI is InChI=1S/C21H30N6O3S/c1-16-13-23-15-27(16)9-3-6-24-21(31)25-17-4-5-18(19(12-17)29-2)30-14-20(28)26-10-7-22-8-11-26/h4-5,12-13,15,22H,3,6-11,14H2,1-2H3,(H2,24,25,31). The molecule has 0 atom stereocenters. The lowest BCUT2D eigenvalue weighted by molar-refractivity contribution is -0.133. The highest BCUT2D eigenvalue weighted by Gasteiger charge is 2.17. The van der Waals surface area contributed by atoms with E-state index in [1.54, 1.807) is 24.1 Å². The Labute approximate surface area is 188 Å². The van der Waals surface area contributed by atoms with Crippen molar-refractivity contribution in [1.29, 1.82) is 0 Å². The minimum atomic E-state index is -0.0259. The van der Waals surface area contributed by atoms with E-state index in [2.05, 4.69) is 25.5 Å². The number of aryl methyl sites for hydroxylation is 2. The number of nitrogens with one attached hydrogen (secondary N) is 3. The van der Waals surface area contributed by atoms with Crippen LogP contribution in [0.3, 0.4) is 0 Å². The van der Waals surface area contributed by atoms with Crippen LogP contribution in [0.4, 0.5) is 5.69 Å². The van der Waals surface area contributed by atoms with Crippen LogP contribution >= 0.6 is 12.2 Å². The van der Waals surface area contributed by atoms with Crippen LogP contribution in [0.5, 0.6) is 11.5 Å². The first-order valence-corrected chi connectivity index (χ1v) is 10.8. The summed E-state index contributed by atoms with van der Waals surface area (Å²) in [5.41, 5.74) is 1.92. The fourth-order valence-electron chi connectivity index (χ4n) is 3.26. The molecule has 1 amide bonds. The summed E-state index contributed by atoms with van der Waals surface area (Å²) in [6.07, 6.45) is 4.61. The van der Waals surface area contributed by atoms with Crippen LogP contribution in [0.15, 0.2) is 30.7 Å². The number of carbonyl (C=O) groups excluding carboxylic acids is 1. The molecule has 1 aromatic carbocycles. The molecule has 1 saturated heterocycles. The van der Waals surface area contributed by atoms with Gasteiger partial charge in [0.25, 0.3) is 5.91 Å². The number of nitrogens with zero attached hydrogens (tertiary/aromatic N) is 3. The van der Waals surface area contributed by atoms with E-state index in [4.69, 9.17) is 21.7 Å². The van der Waals surface area contributed by atoms with E-state index in [0.717, 1.165) is 44.0 Å². The Balaban J connectivity index is 1.44. The number of methoxy groups -OCH3 is 1. The number of amides is 1. The first-order valence-electron chi connectivity index (χ1n) is 10.4. The molecular formula is C21H30N6O3S. The number of imidazole rings is 1. The van der Waals surface area contributed by atoms with Gasteiger partial charge >= 0.3 is 0 Å². The normalized spacial score (nSPS) is 13.5. The van der Waals surface area contributed by atoms with E-state index in [1.807, 2.05) is 25.5 Å². The van der Waals surface area contributed by atoms with Crippen molar-refractivity contribution in [3.8, 4) is 11.5 Å². The van der Waals surface area contributed by atoms with E-state index in [-0.39, 0.29) is 12.5 Å². The number of carbonyl (C=O) groups is 1. The molecule has 31 heavy (non-hydrogen) atoms. The van der Waals surface area contributed by atoms with E-state index >= 15 is 0 Å². The number of anilines is 1. The maximum absolute atomic E-state index is 12.3. The van der Waals surface area contributed by atoms with E-state index in [1.165, 1.54) is 0 Å². The third kappa shape index (κ3) is 6.83. The molecule has 0 radical (unpaired) electrons. The molecule has 1 aliphatic heterocycles. The molecule has 0 saturated carbocycles. The number of hydrogen-bond acceptors (Lipinski definition) is 6. The summed E-state index contributed by atoms with van der Waals surface area (Å²) in [7, 11) is 1.57. The number of ether oxygens (including phenoxy) is 2. The summed E-state index contributed by atoms with van der Waals surface area (Å²) in [6, 6.07) is 5.42. The second-order valence-corrected chi connectivity index (χ2v) is 7.66. The lowest BCUT2D eigenvalue weighted by Gasteiger charge is -2.27. The summed E-state index contributed by atoms with van der Waals surface area (Å²) >= 11 is 5.38. The molecule has 1 fully saturated rings. The SMILES string of the molecule is COc1cc(NC(=S)NCCCn2cncc2C)ccc1OCC(=O)N1CCNCC1. The lowest BCUT2D eigenvalue weighted by Crippen LogP contribution is -2.47. The minimum Gasteiger partial charge on any atom is -0.493 e. The predicted molar refractivity (Wildman–Crippen MR) is 124 cm³/mol. The van der Waals surface area contributed by atoms with Gasteiger partial charge in [-0.05, 0) is 37.7 Å². The zero-order chi connectivity index (χ0) is 22.1. The third-order valence-electron chi connectivity index (χ3n) is 5.02. The Hall–Kier alpha value is -2.85. The van der Waals surface area contributed by atoms with Crippen LogP contribution in [0.1, 0.15) is 12.1 Å². The van der Waals surface area contributed by atoms with E-state index in [0.29, 0.717) is 29.7 Å². The van der Waals surface area contributed by atoms with Crippen molar-refractivity contribution < 1.29 is 14.3 Å². The topological polar surface area (TPSA) is 92.7 Å². The second kappa shape index (κ2) is 11.5. The summed E-state index contributed by atoms with van der Waals surface area (Å²) in [5.74, 6) is 1.03. The molecule has 1 aromatic heterocycles. The number of rotatable bonds is 9. The van der Waals surface area contributed by atoms with Gasteiger partial charge in [0, 0.05) is 62.9 Å². The van der Waals surface area contributed by atoms with Crippen LogP contribution in [0.25, 0.3) is 0 Å². The smallest absolute Gasteiger partial charge is 0.260 e. The summed E-state index contributed by atoms with van der Waals surface area (Å²) in [5, 5.41) is 10.1. The molecule has 168 valence electrons. The van der Waals surface area contributed by atoms with Crippen LogP contribution in [-0.2, 0) is 11.3 Å². The highest BCUT2D eigenvalue weighted by molar-refractivity contribution is 7.80. The average Bonchev–Trinajstić information content (AvgIpc) is 3.20. The fraction of sp³-hybridized carbons (Fsp3) is 0.476. The summed E-state index contributed by atoms with van der Waals surface area (Å²) < 4.78 is 13.2. The molecular weight excluding hydrogens is 416 g/mol. The molecule has 0 aliphatic carbocycles. The molecule has 1 aliphatic rings. The lowest BCUT2D eigenvalue weighted by atomic mass is 10.2. The second-order valence-electron chi connectivity index (χ2n) is 7.25. The van der Waals surface area contributed by atoms with E-state index < -0.39 is 0 Å². The van der Waals surface area contributed by atoms with Crippen molar-refractivity contribution in [2.75, 3.05) is 51.8 Å². The van der Waals surface area contributed by atoms with E-state index in [9.17, 15) is 4.79 Å². The van der Waals surface area contributed by atoms with Crippen LogP contribution in [-0.4, -0.2) is 71.9 Å². The Morgan fingerprint density at radius 2 is 2.10 bits per heavy atom. The average molecular weight is 447 g/mol. The van der Waals surface area contributed by atoms with Gasteiger partial charge < -0.3 is 34.9 Å². The van der Waals surface area contributed by atoms with Gasteiger partial charge in [0.15, 0.2) is 23.2 Å². The molecule has 0 spiro atoms. The third-order valence-corrected chi connectivity index (χ3v) is 5.27. The maximum atomic E-state index is 12.3. The van der Waals surface area contributed by atoms with Gasteiger partial charge in [-0.3, -0.25) is 4.79 Å². The van der Waals surface area contributed by atoms with Gasteiger partial charge in [-0.2, -0.15) is 0 Å². The van der Waals surface area contributed by atoms with Crippen LogP contribution < -0.4 is 25.4 Å². The van der Waals surface area contributed by atoms with Gasteiger partial charge in [-0.25, -0.2) is 4.98 Å². The molecule has 2 aromatic rings. The Morgan fingerprint density at radius 3 is 2.81 bits per heavy atom. The summed E-state index contributed by atoms with van der Waals surface area (Å²) in [6.45, 7) is 6.68. The Morgan fingerprint density at radius 1 is 1.29 bits per heavy atom. The number of piperazine rings is 1. The zero-order valence-electron chi connectivity index (χ0n) is 18.0. The van der Waals surface area contributed by atoms with Gasteiger partial charge in [-0.1, -0.05) is 0 Å². The Kier molecular flexibility index (Phi) is 8.48.